The van der Waals surface area contributed by atoms with E-state index in [0.29, 0.717) is 19.6 Å². The molecule has 2 N–H and O–H groups in total. The van der Waals surface area contributed by atoms with Crippen LogP contribution in [0.2, 0.25) is 0 Å². The van der Waals surface area contributed by atoms with E-state index in [9.17, 15) is 20.0 Å². The summed E-state index contributed by atoms with van der Waals surface area (Å²) >= 11 is 0. The largest absolute Gasteiger partial charge is 0.390 e. The molecule has 0 aliphatic carbocycles. The number of aliphatic hydroxyl groups excluding tert-OH is 1. The minimum absolute atomic E-state index is 0.103. The molecular formula is C12H18N4O4. The van der Waals surface area contributed by atoms with Gasteiger partial charge >= 0.3 is 0 Å². The number of nitrogens with zero attached hydrogens (tertiary/aromatic N) is 3. The Bertz CT molecular complexity index is 528. The molecule has 8 heteroatoms. The van der Waals surface area contributed by atoms with Gasteiger partial charge in [0.2, 0.25) is 0 Å². The van der Waals surface area contributed by atoms with E-state index in [2.05, 4.69) is 5.32 Å². The number of aliphatic hydroxyl groups is 1. The van der Waals surface area contributed by atoms with Crippen LogP contribution in [0.1, 0.15) is 17.4 Å². The highest BCUT2D eigenvalue weighted by molar-refractivity contribution is 5.93. The summed E-state index contributed by atoms with van der Waals surface area (Å²) in [4.78, 5) is 24.2. The molecule has 1 aromatic heterocycles. The topological polar surface area (TPSA) is 101 Å². The maximum absolute atomic E-state index is 12.4. The Morgan fingerprint density at radius 3 is 2.85 bits per heavy atom. The summed E-state index contributed by atoms with van der Waals surface area (Å²) in [5.74, 6) is -0.326. The number of aryl methyl sites for hydroxylation is 1. The minimum atomic E-state index is -0.621. The summed E-state index contributed by atoms with van der Waals surface area (Å²) in [6, 6.07) is 0.957. The van der Waals surface area contributed by atoms with E-state index in [0.717, 1.165) is 0 Å². The summed E-state index contributed by atoms with van der Waals surface area (Å²) in [6.45, 7) is 3.23. The van der Waals surface area contributed by atoms with Crippen molar-refractivity contribution in [2.75, 3.05) is 20.1 Å². The van der Waals surface area contributed by atoms with Gasteiger partial charge < -0.3 is 19.9 Å². The second-order valence-corrected chi connectivity index (χ2v) is 4.84. The van der Waals surface area contributed by atoms with Gasteiger partial charge in [-0.2, -0.15) is 0 Å². The highest BCUT2D eigenvalue weighted by atomic mass is 16.6. The smallest absolute Gasteiger partial charge is 0.287 e. The number of amides is 1. The van der Waals surface area contributed by atoms with Crippen molar-refractivity contribution in [2.45, 2.75) is 25.6 Å². The highest BCUT2D eigenvalue weighted by Crippen LogP contribution is 2.19. The number of rotatable bonds is 4. The van der Waals surface area contributed by atoms with Crippen LogP contribution in [-0.4, -0.2) is 57.7 Å². The first kappa shape index (κ1) is 14.5. The van der Waals surface area contributed by atoms with Crippen molar-refractivity contribution in [3.8, 4) is 0 Å². The quantitative estimate of drug-likeness (QED) is 0.589. The molecule has 0 radical (unpaired) electrons. The van der Waals surface area contributed by atoms with Crippen LogP contribution in [0.25, 0.3) is 0 Å². The van der Waals surface area contributed by atoms with E-state index < -0.39 is 11.0 Å². The lowest BCUT2D eigenvalue weighted by atomic mass is 10.2. The van der Waals surface area contributed by atoms with Crippen molar-refractivity contribution < 1.29 is 14.8 Å². The van der Waals surface area contributed by atoms with E-state index in [1.807, 2.05) is 6.92 Å². The molecule has 0 unspecified atom stereocenters. The second-order valence-electron chi connectivity index (χ2n) is 4.84. The monoisotopic (exact) mass is 282 g/mol. The number of β-amino-alcohol motifs (C(OH)–C–C–N with tert-alkyl or cyclic N) is 1. The van der Waals surface area contributed by atoms with Gasteiger partial charge in [0.15, 0.2) is 0 Å². The van der Waals surface area contributed by atoms with Crippen LogP contribution in [0, 0.1) is 10.1 Å². The van der Waals surface area contributed by atoms with Gasteiger partial charge in [-0.05, 0) is 6.92 Å². The predicted molar refractivity (Wildman–Crippen MR) is 71.5 cm³/mol. The van der Waals surface area contributed by atoms with Gasteiger partial charge in [-0.3, -0.25) is 14.9 Å². The molecule has 0 spiro atoms. The number of likely N-dealkylation sites (N-methyl/N-ethyl adjacent to an activating group) is 1. The SMILES string of the molecule is CCn1cc([N+](=O)[O-])cc1C(=O)N(C)[C@@H]1CNC[C@H]1O. The molecule has 1 saturated heterocycles. The third-order valence-corrected chi connectivity index (χ3v) is 3.62. The van der Waals surface area contributed by atoms with E-state index in [-0.39, 0.29) is 23.3 Å². The van der Waals surface area contributed by atoms with Crippen LogP contribution in [0.3, 0.4) is 0 Å². The van der Waals surface area contributed by atoms with Crippen LogP contribution < -0.4 is 5.32 Å². The normalized spacial score (nSPS) is 21.9. The molecule has 0 bridgehead atoms. The van der Waals surface area contributed by atoms with Crippen LogP contribution in [0.4, 0.5) is 5.69 Å². The van der Waals surface area contributed by atoms with Crippen LogP contribution >= 0.6 is 0 Å². The Kier molecular flexibility index (Phi) is 4.05. The number of aromatic nitrogens is 1. The maximum atomic E-state index is 12.4. The zero-order valence-corrected chi connectivity index (χ0v) is 11.4. The lowest BCUT2D eigenvalue weighted by molar-refractivity contribution is -0.384. The first-order valence-corrected chi connectivity index (χ1v) is 6.46. The first-order valence-electron chi connectivity index (χ1n) is 6.46. The standard InChI is InChI=1S/C12H18N4O4/c1-3-15-7-8(16(19)20)4-9(15)12(18)14(2)10-5-13-6-11(10)17/h4,7,10-11,13,17H,3,5-6H2,1-2H3/t10-,11-/m1/s1. The Labute approximate surface area is 116 Å². The number of nitro groups is 1. The fraction of sp³-hybridized carbons (Fsp3) is 0.583. The fourth-order valence-corrected chi connectivity index (χ4v) is 2.41. The number of hydrogen-bond donors (Lipinski definition) is 2. The molecule has 0 aromatic carbocycles. The Morgan fingerprint density at radius 2 is 2.35 bits per heavy atom. The molecule has 1 amide bonds. The van der Waals surface area contributed by atoms with Crippen molar-refractivity contribution >= 4 is 11.6 Å². The molecule has 2 atom stereocenters. The molecule has 1 aliphatic heterocycles. The molecule has 1 aromatic rings. The van der Waals surface area contributed by atoms with Gasteiger partial charge in [-0.25, -0.2) is 0 Å². The summed E-state index contributed by atoms with van der Waals surface area (Å²) in [7, 11) is 1.60. The molecule has 1 fully saturated rings. The zero-order chi connectivity index (χ0) is 14.9. The van der Waals surface area contributed by atoms with Crippen LogP contribution in [0.15, 0.2) is 12.3 Å². The van der Waals surface area contributed by atoms with Gasteiger partial charge in [0, 0.05) is 32.7 Å². The van der Waals surface area contributed by atoms with E-state index in [1.165, 1.54) is 17.2 Å². The van der Waals surface area contributed by atoms with Crippen molar-refractivity contribution in [3.63, 3.8) is 0 Å². The van der Waals surface area contributed by atoms with Crippen molar-refractivity contribution in [1.82, 2.24) is 14.8 Å². The van der Waals surface area contributed by atoms with Crippen molar-refractivity contribution in [1.29, 1.82) is 0 Å². The Balaban J connectivity index is 2.25. The van der Waals surface area contributed by atoms with Crippen LogP contribution in [0.5, 0.6) is 0 Å². The summed E-state index contributed by atoms with van der Waals surface area (Å²) in [6.07, 6.45) is 0.730. The van der Waals surface area contributed by atoms with Crippen molar-refractivity contribution in [2.24, 2.45) is 0 Å². The Morgan fingerprint density at radius 1 is 1.65 bits per heavy atom. The lowest BCUT2D eigenvalue weighted by Gasteiger charge is -2.26. The third-order valence-electron chi connectivity index (χ3n) is 3.62. The Hall–Kier alpha value is -1.93. The van der Waals surface area contributed by atoms with E-state index in [1.54, 1.807) is 11.6 Å². The molecule has 2 rings (SSSR count). The van der Waals surface area contributed by atoms with Gasteiger partial charge in [-0.15, -0.1) is 0 Å². The van der Waals surface area contributed by atoms with E-state index >= 15 is 0 Å². The number of carbonyl (C=O) groups is 1. The predicted octanol–water partition coefficient (Wildman–Crippen LogP) is -0.179. The number of nitrogens with one attached hydrogen (secondary N) is 1. The zero-order valence-electron chi connectivity index (χ0n) is 11.4. The average molecular weight is 282 g/mol. The number of carbonyl (C=O) groups excluding carboxylic acids is 1. The van der Waals surface area contributed by atoms with Gasteiger partial charge in [-0.1, -0.05) is 0 Å². The molecule has 8 nitrogen and oxygen atoms in total. The van der Waals surface area contributed by atoms with Gasteiger partial charge in [0.25, 0.3) is 11.6 Å². The summed E-state index contributed by atoms with van der Waals surface area (Å²) < 4.78 is 1.55. The lowest BCUT2D eigenvalue weighted by Crippen LogP contribution is -2.44. The fourth-order valence-electron chi connectivity index (χ4n) is 2.41. The average Bonchev–Trinajstić information content (AvgIpc) is 3.02. The second kappa shape index (κ2) is 5.59. The minimum Gasteiger partial charge on any atom is -0.390 e. The maximum Gasteiger partial charge on any atom is 0.287 e. The number of hydrogen-bond acceptors (Lipinski definition) is 5. The highest BCUT2D eigenvalue weighted by Gasteiger charge is 2.33. The molecular weight excluding hydrogens is 264 g/mol. The van der Waals surface area contributed by atoms with E-state index in [4.69, 9.17) is 0 Å². The molecule has 1 aliphatic rings. The van der Waals surface area contributed by atoms with Gasteiger partial charge in [0.05, 0.1) is 23.3 Å². The molecule has 110 valence electrons. The van der Waals surface area contributed by atoms with Gasteiger partial charge in [0.1, 0.15) is 5.69 Å². The summed E-state index contributed by atoms with van der Waals surface area (Å²) in [5, 5.41) is 23.6. The third kappa shape index (κ3) is 2.52. The molecule has 0 saturated carbocycles. The van der Waals surface area contributed by atoms with Crippen molar-refractivity contribution in [3.05, 3.63) is 28.1 Å². The first-order chi connectivity index (χ1) is 9.45. The molecule has 20 heavy (non-hydrogen) atoms. The molecule has 2 heterocycles. The van der Waals surface area contributed by atoms with Crippen LogP contribution in [-0.2, 0) is 6.54 Å². The summed E-state index contributed by atoms with van der Waals surface area (Å²) in [5.41, 5.74) is 0.162.